The molecule has 1 aromatic heterocycles. The molecule has 1 fully saturated rings. The Labute approximate surface area is 99.8 Å². The van der Waals surface area contributed by atoms with Gasteiger partial charge in [0.2, 0.25) is 0 Å². The molecule has 1 aliphatic heterocycles. The second-order valence-corrected chi connectivity index (χ2v) is 5.11. The van der Waals surface area contributed by atoms with Gasteiger partial charge in [-0.05, 0) is 12.5 Å². The molecule has 6 heteroatoms. The van der Waals surface area contributed by atoms with Crippen molar-refractivity contribution in [3.8, 4) is 0 Å². The minimum absolute atomic E-state index is 0.452. The zero-order chi connectivity index (χ0) is 11.5. The second-order valence-electron chi connectivity index (χ2n) is 3.88. The molecule has 0 aromatic carbocycles. The van der Waals surface area contributed by atoms with E-state index in [0.717, 1.165) is 36.0 Å². The predicted molar refractivity (Wildman–Crippen MR) is 68.3 cm³/mol. The molecule has 2 rings (SSSR count). The molecule has 4 nitrogen and oxygen atoms in total. The molecule has 0 radical (unpaired) electrons. The largest absolute Gasteiger partial charge is 0.490 e. The number of nitrogens with zero attached hydrogens (tertiary/aromatic N) is 2. The number of aryl methyl sites for hydroxylation is 1. The molecule has 16 heavy (non-hydrogen) atoms. The summed E-state index contributed by atoms with van der Waals surface area (Å²) in [7, 11) is -1.43. The average molecular weight is 238 g/mol. The number of thioether (sulfide) groups is 1. The summed E-state index contributed by atoms with van der Waals surface area (Å²) in [5, 5.41) is 18.1. The zero-order valence-electron chi connectivity index (χ0n) is 9.26. The lowest BCUT2D eigenvalue weighted by Gasteiger charge is -2.28. The molecule has 0 unspecified atom stereocenters. The lowest BCUT2D eigenvalue weighted by molar-refractivity contribution is 0.425. The van der Waals surface area contributed by atoms with E-state index in [1.807, 2.05) is 18.7 Å². The molecule has 2 N–H and O–H groups in total. The summed E-state index contributed by atoms with van der Waals surface area (Å²) >= 11 is 1.96. The molecule has 1 saturated heterocycles. The Morgan fingerprint density at radius 1 is 1.38 bits per heavy atom. The van der Waals surface area contributed by atoms with E-state index >= 15 is 0 Å². The van der Waals surface area contributed by atoms with Crippen LogP contribution in [-0.2, 0) is 0 Å². The van der Waals surface area contributed by atoms with Crippen molar-refractivity contribution < 1.29 is 10.0 Å². The van der Waals surface area contributed by atoms with E-state index in [2.05, 4.69) is 9.88 Å². The Morgan fingerprint density at radius 3 is 2.62 bits per heavy atom. The zero-order valence-corrected chi connectivity index (χ0v) is 10.1. The van der Waals surface area contributed by atoms with Crippen molar-refractivity contribution in [2.75, 3.05) is 29.5 Å². The van der Waals surface area contributed by atoms with Crippen LogP contribution in [0.5, 0.6) is 0 Å². The molecule has 0 aliphatic carbocycles. The van der Waals surface area contributed by atoms with E-state index in [4.69, 9.17) is 10.0 Å². The minimum atomic E-state index is -1.43. The normalized spacial score (nSPS) is 16.3. The van der Waals surface area contributed by atoms with E-state index in [-0.39, 0.29) is 0 Å². The first-order valence-electron chi connectivity index (χ1n) is 5.34. The van der Waals surface area contributed by atoms with Crippen LogP contribution in [0.25, 0.3) is 0 Å². The van der Waals surface area contributed by atoms with Gasteiger partial charge in [0.15, 0.2) is 0 Å². The van der Waals surface area contributed by atoms with Crippen molar-refractivity contribution >= 4 is 30.2 Å². The monoisotopic (exact) mass is 238 g/mol. The Morgan fingerprint density at radius 2 is 2.06 bits per heavy atom. The summed E-state index contributed by atoms with van der Waals surface area (Å²) in [6, 6.07) is 1.79. The molecular weight excluding hydrogens is 223 g/mol. The SMILES string of the molecule is Cc1cc(B(O)O)cnc1N1CCSCC1. The topological polar surface area (TPSA) is 56.6 Å². The van der Waals surface area contributed by atoms with Gasteiger partial charge in [-0.1, -0.05) is 6.07 Å². The molecule has 0 spiro atoms. The minimum Gasteiger partial charge on any atom is -0.423 e. The molecular formula is C10H15BN2O2S. The third-order valence-corrected chi connectivity index (χ3v) is 3.62. The fourth-order valence-corrected chi connectivity index (χ4v) is 2.74. The Balaban J connectivity index is 2.21. The Kier molecular flexibility index (Phi) is 3.73. The summed E-state index contributed by atoms with van der Waals surface area (Å²) in [6.45, 7) is 3.98. The van der Waals surface area contributed by atoms with E-state index in [9.17, 15) is 0 Å². The van der Waals surface area contributed by atoms with Gasteiger partial charge in [0.05, 0.1) is 0 Å². The summed E-state index contributed by atoms with van der Waals surface area (Å²) in [6.07, 6.45) is 1.54. The van der Waals surface area contributed by atoms with Crippen LogP contribution in [0.15, 0.2) is 12.3 Å². The highest BCUT2D eigenvalue weighted by atomic mass is 32.2. The van der Waals surface area contributed by atoms with Crippen LogP contribution >= 0.6 is 11.8 Å². The first kappa shape index (κ1) is 11.8. The van der Waals surface area contributed by atoms with E-state index in [1.54, 1.807) is 6.07 Å². The van der Waals surface area contributed by atoms with E-state index in [0.29, 0.717) is 5.46 Å². The van der Waals surface area contributed by atoms with Crippen LogP contribution in [0.3, 0.4) is 0 Å². The lowest BCUT2D eigenvalue weighted by atomic mass is 9.81. The lowest BCUT2D eigenvalue weighted by Crippen LogP contribution is -2.35. The van der Waals surface area contributed by atoms with Crippen molar-refractivity contribution in [1.82, 2.24) is 4.98 Å². The molecule has 1 aliphatic rings. The van der Waals surface area contributed by atoms with Crippen LogP contribution in [0, 0.1) is 6.92 Å². The number of rotatable bonds is 2. The summed E-state index contributed by atoms with van der Waals surface area (Å²) in [4.78, 5) is 6.57. The van der Waals surface area contributed by atoms with Gasteiger partial charge in [0.1, 0.15) is 5.82 Å². The Bertz CT molecular complexity index is 370. The third kappa shape index (κ3) is 2.51. The van der Waals surface area contributed by atoms with Crippen LogP contribution in [0.4, 0.5) is 5.82 Å². The summed E-state index contributed by atoms with van der Waals surface area (Å²) in [5.41, 5.74) is 1.45. The molecule has 2 heterocycles. The number of pyridine rings is 1. The van der Waals surface area contributed by atoms with Crippen LogP contribution in [0.1, 0.15) is 5.56 Å². The number of anilines is 1. The van der Waals surface area contributed by atoms with Gasteiger partial charge in [-0.15, -0.1) is 0 Å². The number of hydrogen-bond donors (Lipinski definition) is 2. The average Bonchev–Trinajstić information content (AvgIpc) is 2.30. The highest BCUT2D eigenvalue weighted by Gasteiger charge is 2.17. The van der Waals surface area contributed by atoms with Gasteiger partial charge in [-0.3, -0.25) is 0 Å². The van der Waals surface area contributed by atoms with E-state index in [1.165, 1.54) is 6.20 Å². The summed E-state index contributed by atoms with van der Waals surface area (Å²) < 4.78 is 0. The van der Waals surface area contributed by atoms with Crippen molar-refractivity contribution in [3.63, 3.8) is 0 Å². The van der Waals surface area contributed by atoms with Gasteiger partial charge >= 0.3 is 7.12 Å². The van der Waals surface area contributed by atoms with Crippen molar-refractivity contribution in [2.24, 2.45) is 0 Å². The smallest absolute Gasteiger partial charge is 0.423 e. The quantitative estimate of drug-likeness (QED) is 0.688. The Hall–Kier alpha value is -0.715. The van der Waals surface area contributed by atoms with Crippen LogP contribution in [0.2, 0.25) is 0 Å². The van der Waals surface area contributed by atoms with Gasteiger partial charge in [-0.2, -0.15) is 11.8 Å². The first-order valence-corrected chi connectivity index (χ1v) is 6.49. The highest BCUT2D eigenvalue weighted by molar-refractivity contribution is 7.99. The van der Waals surface area contributed by atoms with Crippen LogP contribution < -0.4 is 10.4 Å². The fourth-order valence-electron chi connectivity index (χ4n) is 1.84. The maximum atomic E-state index is 9.05. The number of hydrogen-bond acceptors (Lipinski definition) is 5. The maximum Gasteiger partial charge on any atom is 0.490 e. The van der Waals surface area contributed by atoms with Crippen molar-refractivity contribution in [1.29, 1.82) is 0 Å². The van der Waals surface area contributed by atoms with Gasteiger partial charge in [0.25, 0.3) is 0 Å². The number of aromatic nitrogens is 1. The standard InChI is InChI=1S/C10H15BN2O2S/c1-8-6-9(11(14)15)7-12-10(8)13-2-4-16-5-3-13/h6-7,14-15H,2-5H2,1H3. The van der Waals surface area contributed by atoms with Crippen molar-refractivity contribution in [2.45, 2.75) is 6.92 Å². The second kappa shape index (κ2) is 5.08. The first-order chi connectivity index (χ1) is 7.68. The maximum absolute atomic E-state index is 9.05. The predicted octanol–water partition coefficient (Wildman–Crippen LogP) is -0.377. The van der Waals surface area contributed by atoms with Gasteiger partial charge in [0, 0.05) is 36.3 Å². The fraction of sp³-hybridized carbons (Fsp3) is 0.500. The van der Waals surface area contributed by atoms with Gasteiger partial charge < -0.3 is 14.9 Å². The van der Waals surface area contributed by atoms with Gasteiger partial charge in [-0.25, -0.2) is 4.98 Å². The third-order valence-electron chi connectivity index (χ3n) is 2.68. The van der Waals surface area contributed by atoms with Crippen LogP contribution in [-0.4, -0.2) is 46.7 Å². The molecule has 1 aromatic rings. The van der Waals surface area contributed by atoms with E-state index < -0.39 is 7.12 Å². The highest BCUT2D eigenvalue weighted by Crippen LogP contribution is 2.19. The molecule has 86 valence electrons. The van der Waals surface area contributed by atoms with Crippen molar-refractivity contribution in [3.05, 3.63) is 17.8 Å². The summed E-state index contributed by atoms with van der Waals surface area (Å²) in [5.74, 6) is 3.22. The molecule has 0 bridgehead atoms. The molecule has 0 amide bonds. The molecule has 0 saturated carbocycles. The molecule has 0 atom stereocenters.